The molecule has 0 heterocycles. The Morgan fingerprint density at radius 2 is 0.672 bits per heavy atom. The smallest absolute Gasteiger partial charge is 0.317 e. The van der Waals surface area contributed by atoms with Crippen LogP contribution in [-0.2, 0) is 42.1 Å². The van der Waals surface area contributed by atoms with E-state index in [2.05, 4.69) is 151 Å². The fraction of sp³-hybridized carbons (Fsp3) is 0.975. The SMILES string of the molecule is C[SiH](O[Si](C)(C)C)O[Si](C)(CCCCCC[Si](C)(O[Si](C)(C)O[Si](C)(C)C)O[Si](C)(CCCCCCCCCCC(=O)O[Si](C)(C)C)O[Si](C)(C)C)O[Si](C)(C)O[Si](C)(C)C. The minimum atomic E-state index is -2.70. The lowest BCUT2D eigenvalue weighted by Crippen LogP contribution is -2.60. The summed E-state index contributed by atoms with van der Waals surface area (Å²) in [7, 11) is -23.5. The summed E-state index contributed by atoms with van der Waals surface area (Å²) < 4.78 is 61.2. The van der Waals surface area contributed by atoms with Crippen molar-refractivity contribution in [1.29, 1.82) is 0 Å². The summed E-state index contributed by atoms with van der Waals surface area (Å²) >= 11 is 0. The number of carbonyl (C=O) groups excluding carboxylic acids is 1. The van der Waals surface area contributed by atoms with Crippen LogP contribution in [0.5, 0.6) is 0 Å². The van der Waals surface area contributed by atoms with Crippen molar-refractivity contribution in [2.24, 2.45) is 0 Å². The van der Waals surface area contributed by atoms with Gasteiger partial charge in [0.25, 0.3) is 15.3 Å². The molecule has 0 saturated heterocycles. The molecule has 0 radical (unpaired) electrons. The molecule has 0 aromatic heterocycles. The first-order valence-corrected chi connectivity index (χ1v) is 56.3. The molecule has 0 aromatic rings. The van der Waals surface area contributed by atoms with Gasteiger partial charge in [0.15, 0.2) is 33.3 Å². The van der Waals surface area contributed by atoms with E-state index in [0.717, 1.165) is 63.1 Å². The van der Waals surface area contributed by atoms with Gasteiger partial charge in [-0.15, -0.1) is 0 Å². The van der Waals surface area contributed by atoms with Crippen molar-refractivity contribution >= 4 is 99.6 Å². The van der Waals surface area contributed by atoms with Crippen LogP contribution >= 0.6 is 0 Å². The van der Waals surface area contributed by atoms with Gasteiger partial charge in [-0.25, -0.2) is 0 Å². The van der Waals surface area contributed by atoms with Crippen LogP contribution in [0.25, 0.3) is 0 Å². The van der Waals surface area contributed by atoms with E-state index in [1.807, 2.05) is 0 Å². The Kier molecular flexibility index (Phi) is 27.0. The van der Waals surface area contributed by atoms with Gasteiger partial charge in [0, 0.05) is 6.42 Å². The second-order valence-corrected chi connectivity index (χ2v) is 67.0. The van der Waals surface area contributed by atoms with Crippen LogP contribution < -0.4 is 0 Å². The first kappa shape index (κ1) is 62.5. The van der Waals surface area contributed by atoms with Crippen molar-refractivity contribution in [3.05, 3.63) is 0 Å². The summed E-state index contributed by atoms with van der Waals surface area (Å²) in [5, 5.41) is 0. The Balaban J connectivity index is 5.73. The predicted octanol–water partition coefficient (Wildman–Crippen LogP) is 14.4. The Bertz CT molecular complexity index is 1250. The molecular weight excluding hydrogens is 949 g/mol. The molecule has 61 heavy (non-hydrogen) atoms. The van der Waals surface area contributed by atoms with Crippen molar-refractivity contribution in [3.63, 3.8) is 0 Å². The monoisotopic (exact) mass is 1050 g/mol. The van der Waals surface area contributed by atoms with Gasteiger partial charge in [-0.3, -0.25) is 4.79 Å². The molecule has 0 aliphatic rings. The van der Waals surface area contributed by atoms with Crippen LogP contribution in [0.2, 0.25) is 169 Å². The maximum Gasteiger partial charge on any atom is 0.317 e. The average Bonchev–Trinajstić information content (AvgIpc) is 2.93. The second kappa shape index (κ2) is 26.3. The lowest BCUT2D eigenvalue weighted by Gasteiger charge is -2.44. The average molecular weight is 1050 g/mol. The minimum Gasteiger partial charge on any atom is -0.520 e. The third-order valence-electron chi connectivity index (χ3n) is 9.11. The predicted molar refractivity (Wildman–Crippen MR) is 289 cm³/mol. The molecule has 21 heteroatoms. The zero-order valence-corrected chi connectivity index (χ0v) is 55.6. The topological polar surface area (TPSA) is 100 Å². The summed E-state index contributed by atoms with van der Waals surface area (Å²) in [5.74, 6) is -0.0193. The maximum absolute atomic E-state index is 12.1. The van der Waals surface area contributed by atoms with Crippen LogP contribution in [0.15, 0.2) is 0 Å². The molecule has 0 rings (SSSR count). The second-order valence-electron chi connectivity index (χ2n) is 23.9. The minimum absolute atomic E-state index is 0.0193. The fourth-order valence-electron chi connectivity index (χ4n) is 8.33. The molecule has 0 amide bonds. The summed E-state index contributed by atoms with van der Waals surface area (Å²) in [4.78, 5) is 12.1. The van der Waals surface area contributed by atoms with Crippen LogP contribution in [0.1, 0.15) is 83.5 Å². The summed E-state index contributed by atoms with van der Waals surface area (Å²) in [6.07, 6.45) is 14.1. The molecule has 0 spiro atoms. The van der Waals surface area contributed by atoms with Crippen LogP contribution in [-0.4, -0.2) is 99.6 Å². The molecule has 4 unspecified atom stereocenters. The van der Waals surface area contributed by atoms with Gasteiger partial charge < -0.3 is 37.3 Å². The van der Waals surface area contributed by atoms with E-state index < -0.39 is 93.7 Å². The van der Waals surface area contributed by atoms with E-state index >= 15 is 0 Å². The Labute approximate surface area is 391 Å². The van der Waals surface area contributed by atoms with E-state index in [0.29, 0.717) is 6.42 Å². The lowest BCUT2D eigenvalue weighted by atomic mass is 10.1. The van der Waals surface area contributed by atoms with E-state index in [4.69, 9.17) is 37.3 Å². The van der Waals surface area contributed by atoms with Gasteiger partial charge >= 0.3 is 42.8 Å². The zero-order valence-electron chi connectivity index (χ0n) is 44.5. The van der Waals surface area contributed by atoms with Crippen molar-refractivity contribution in [1.82, 2.24) is 0 Å². The quantitative estimate of drug-likeness (QED) is 0.0451. The number of hydrogen-bond acceptors (Lipinski definition) is 10. The van der Waals surface area contributed by atoms with E-state index in [1.165, 1.54) is 32.1 Å². The molecule has 0 N–H and O–H groups in total. The highest BCUT2D eigenvalue weighted by Crippen LogP contribution is 2.34. The summed E-state index contributed by atoms with van der Waals surface area (Å²) in [6.45, 7) is 51.2. The van der Waals surface area contributed by atoms with E-state index in [-0.39, 0.29) is 5.97 Å². The molecular formula is C40H102O10Si11. The molecule has 0 aromatic carbocycles. The Morgan fingerprint density at radius 3 is 1.03 bits per heavy atom. The van der Waals surface area contributed by atoms with Crippen molar-refractivity contribution < 1.29 is 42.1 Å². The molecule has 0 aliphatic carbocycles. The molecule has 0 aliphatic heterocycles. The van der Waals surface area contributed by atoms with Crippen LogP contribution in [0, 0.1) is 0 Å². The standard InChI is InChI=1S/C40H102O10Si11/c1-51(43-53(5,6)7)44-59(21,48-57(17,18)45-54(8,9)10)37-33-30-31-35-39-61(23,49-58(19,20)46-55(11,12)13)50-60(22,47-56(14,15)16)38-34-29-27-25-24-26-28-32-36-40(41)42-52(2,3)4/h51H,24-39H2,1-23H3. The third kappa shape index (κ3) is 36.3. The van der Waals surface area contributed by atoms with Gasteiger partial charge in [-0.05, 0) is 175 Å². The third-order valence-corrected chi connectivity index (χ3v) is 45.1. The Morgan fingerprint density at radius 1 is 0.344 bits per heavy atom. The highest BCUT2D eigenvalue weighted by atomic mass is 28.5. The molecule has 366 valence electrons. The molecule has 4 atom stereocenters. The van der Waals surface area contributed by atoms with Gasteiger partial charge in [-0.2, -0.15) is 0 Å². The van der Waals surface area contributed by atoms with Crippen LogP contribution in [0.4, 0.5) is 0 Å². The molecule has 0 bridgehead atoms. The molecule has 10 nitrogen and oxygen atoms in total. The van der Waals surface area contributed by atoms with Gasteiger partial charge in [0.05, 0.1) is 0 Å². The normalized spacial score (nSPS) is 17.4. The number of carbonyl (C=O) groups is 1. The van der Waals surface area contributed by atoms with E-state index in [1.54, 1.807) is 0 Å². The van der Waals surface area contributed by atoms with Gasteiger partial charge in [0.2, 0.25) is 8.32 Å². The largest absolute Gasteiger partial charge is 0.520 e. The van der Waals surface area contributed by atoms with Gasteiger partial charge in [0.1, 0.15) is 0 Å². The Hall–Kier alpha value is 1.54. The fourth-order valence-corrected chi connectivity index (χ4v) is 53.5. The summed E-state index contributed by atoms with van der Waals surface area (Å²) in [5.41, 5.74) is 0. The molecule has 0 fully saturated rings. The molecule has 0 saturated carbocycles. The summed E-state index contributed by atoms with van der Waals surface area (Å²) in [6, 6.07) is 2.87. The first-order valence-electron chi connectivity index (χ1n) is 23.9. The maximum atomic E-state index is 12.1. The number of hydrogen-bond donors (Lipinski definition) is 0. The van der Waals surface area contributed by atoms with Crippen LogP contribution in [0.3, 0.4) is 0 Å². The number of unbranched alkanes of at least 4 members (excludes halogenated alkanes) is 10. The first-order chi connectivity index (χ1) is 27.2. The highest BCUT2D eigenvalue weighted by Gasteiger charge is 2.49. The lowest BCUT2D eigenvalue weighted by molar-refractivity contribution is -0.135. The van der Waals surface area contributed by atoms with Crippen molar-refractivity contribution in [2.75, 3.05) is 0 Å². The van der Waals surface area contributed by atoms with Crippen molar-refractivity contribution in [3.8, 4) is 0 Å². The van der Waals surface area contributed by atoms with Crippen molar-refractivity contribution in [2.45, 2.75) is 252 Å². The zero-order chi connectivity index (χ0) is 47.8. The number of rotatable bonds is 35. The van der Waals surface area contributed by atoms with E-state index in [9.17, 15) is 4.79 Å². The van der Waals surface area contributed by atoms with Gasteiger partial charge in [-0.1, -0.05) is 70.6 Å². The highest BCUT2D eigenvalue weighted by molar-refractivity contribution is 6.91.